The van der Waals surface area contributed by atoms with Gasteiger partial charge in [0.15, 0.2) is 6.61 Å². The molecule has 1 atom stereocenters. The summed E-state index contributed by atoms with van der Waals surface area (Å²) in [5.41, 5.74) is 3.32. The number of unbranched alkanes of at least 4 members (excludes halogenated alkanes) is 1. The van der Waals surface area contributed by atoms with Crippen LogP contribution in [-0.2, 0) is 9.53 Å². The molecule has 5 heteroatoms. The smallest absolute Gasteiger partial charge is 0.344 e. The number of halogens is 1. The number of rotatable bonds is 10. The van der Waals surface area contributed by atoms with Crippen LogP contribution in [0.5, 0.6) is 11.5 Å². The van der Waals surface area contributed by atoms with Crippen molar-refractivity contribution in [2.45, 2.75) is 53.1 Å². The summed E-state index contributed by atoms with van der Waals surface area (Å²) in [5, 5.41) is 0. The van der Waals surface area contributed by atoms with Gasteiger partial charge in [0.25, 0.3) is 0 Å². The van der Waals surface area contributed by atoms with Crippen molar-refractivity contribution in [3.05, 3.63) is 57.6 Å². The summed E-state index contributed by atoms with van der Waals surface area (Å²) in [6, 6.07) is 11.9. The van der Waals surface area contributed by atoms with Crippen molar-refractivity contribution >= 4 is 21.9 Å². The molecule has 0 radical (unpaired) electrons. The van der Waals surface area contributed by atoms with Gasteiger partial charge in [-0.2, -0.15) is 0 Å². The van der Waals surface area contributed by atoms with E-state index in [-0.39, 0.29) is 18.7 Å². The normalized spacial score (nSPS) is 11.8. The Hall–Kier alpha value is -2.01. The van der Waals surface area contributed by atoms with Crippen molar-refractivity contribution in [1.29, 1.82) is 0 Å². The highest BCUT2D eigenvalue weighted by Gasteiger charge is 2.17. The number of esters is 1. The molecule has 0 aromatic heterocycles. The van der Waals surface area contributed by atoms with Crippen molar-refractivity contribution in [2.24, 2.45) is 0 Å². The molecule has 2 aromatic carbocycles. The second-order valence-electron chi connectivity index (χ2n) is 6.72. The topological polar surface area (TPSA) is 44.8 Å². The first-order valence-electron chi connectivity index (χ1n) is 9.77. The highest BCUT2D eigenvalue weighted by atomic mass is 79.9. The number of hydrogen-bond donors (Lipinski definition) is 0. The first-order chi connectivity index (χ1) is 13.5. The second-order valence-corrected chi connectivity index (χ2v) is 7.58. The molecule has 0 aliphatic heterocycles. The van der Waals surface area contributed by atoms with Crippen LogP contribution in [0.1, 0.15) is 55.9 Å². The summed E-state index contributed by atoms with van der Waals surface area (Å²) in [7, 11) is 0. The zero-order chi connectivity index (χ0) is 20.5. The lowest BCUT2D eigenvalue weighted by atomic mass is 9.99. The number of carbonyl (C=O) groups is 1. The fourth-order valence-corrected chi connectivity index (χ4v) is 3.38. The number of carbonyl (C=O) groups excluding carboxylic acids is 1. The molecular formula is C23H29BrO4. The number of benzene rings is 2. The summed E-state index contributed by atoms with van der Waals surface area (Å²) >= 11 is 3.62. The molecule has 0 fully saturated rings. The summed E-state index contributed by atoms with van der Waals surface area (Å²) in [6.45, 7) is 8.27. The van der Waals surface area contributed by atoms with Gasteiger partial charge in [-0.1, -0.05) is 41.4 Å². The second kappa shape index (κ2) is 11.1. The SMILES string of the molecule is CCCCC(Oc1ccc(OCC(=O)OCC)c(C)c1)c1cccc(Br)c1C. The molecule has 0 saturated carbocycles. The fourth-order valence-electron chi connectivity index (χ4n) is 3.00. The lowest BCUT2D eigenvalue weighted by Crippen LogP contribution is -2.15. The Morgan fingerprint density at radius 2 is 1.93 bits per heavy atom. The number of hydrogen-bond acceptors (Lipinski definition) is 4. The van der Waals surface area contributed by atoms with E-state index in [0.717, 1.165) is 35.0 Å². The van der Waals surface area contributed by atoms with Crippen molar-refractivity contribution in [1.82, 2.24) is 0 Å². The molecule has 1 unspecified atom stereocenters. The third kappa shape index (κ3) is 6.26. The first-order valence-corrected chi connectivity index (χ1v) is 10.6. The van der Waals surface area contributed by atoms with E-state index in [2.05, 4.69) is 41.9 Å². The molecule has 0 spiro atoms. The molecule has 0 N–H and O–H groups in total. The monoisotopic (exact) mass is 448 g/mol. The molecular weight excluding hydrogens is 420 g/mol. The van der Waals surface area contributed by atoms with Crippen LogP contribution in [0.25, 0.3) is 0 Å². The molecule has 152 valence electrons. The van der Waals surface area contributed by atoms with E-state index >= 15 is 0 Å². The van der Waals surface area contributed by atoms with Gasteiger partial charge in [0, 0.05) is 4.47 Å². The van der Waals surface area contributed by atoms with E-state index < -0.39 is 0 Å². The standard InChI is InChI=1S/C23H29BrO4/c1-5-7-11-22(19-9-8-10-20(24)17(19)4)28-18-12-13-21(16(3)14-18)27-15-23(25)26-6-2/h8-10,12-14,22H,5-7,11,15H2,1-4H3. The quantitative estimate of drug-likeness (QED) is 0.399. The van der Waals surface area contributed by atoms with E-state index in [0.29, 0.717) is 12.4 Å². The molecule has 0 heterocycles. The van der Waals surface area contributed by atoms with Crippen molar-refractivity contribution in [2.75, 3.05) is 13.2 Å². The van der Waals surface area contributed by atoms with Gasteiger partial charge in [0.1, 0.15) is 17.6 Å². The minimum absolute atomic E-state index is 0.0110. The van der Waals surface area contributed by atoms with Crippen LogP contribution in [0, 0.1) is 13.8 Å². The van der Waals surface area contributed by atoms with Gasteiger partial charge in [-0.05, 0) is 74.6 Å². The van der Waals surface area contributed by atoms with Crippen LogP contribution in [0.4, 0.5) is 0 Å². The predicted molar refractivity (Wildman–Crippen MR) is 115 cm³/mol. The Morgan fingerprint density at radius 3 is 2.61 bits per heavy atom. The summed E-state index contributed by atoms with van der Waals surface area (Å²) < 4.78 is 17.9. The van der Waals surface area contributed by atoms with Crippen LogP contribution < -0.4 is 9.47 Å². The molecule has 28 heavy (non-hydrogen) atoms. The maximum absolute atomic E-state index is 11.5. The zero-order valence-corrected chi connectivity index (χ0v) is 18.7. The zero-order valence-electron chi connectivity index (χ0n) is 17.1. The third-order valence-electron chi connectivity index (χ3n) is 4.55. The van der Waals surface area contributed by atoms with E-state index in [4.69, 9.17) is 14.2 Å². The molecule has 0 bridgehead atoms. The Labute approximate surface area is 176 Å². The lowest BCUT2D eigenvalue weighted by Gasteiger charge is -2.22. The first kappa shape index (κ1) is 22.3. The van der Waals surface area contributed by atoms with E-state index in [1.807, 2.05) is 31.2 Å². The maximum atomic E-state index is 11.5. The van der Waals surface area contributed by atoms with Crippen LogP contribution in [0.15, 0.2) is 40.9 Å². The molecule has 2 aromatic rings. The van der Waals surface area contributed by atoms with E-state index in [9.17, 15) is 4.79 Å². The van der Waals surface area contributed by atoms with Gasteiger partial charge in [-0.15, -0.1) is 0 Å². The molecule has 0 saturated heterocycles. The molecule has 2 rings (SSSR count). The van der Waals surface area contributed by atoms with Gasteiger partial charge >= 0.3 is 5.97 Å². The Kier molecular flexibility index (Phi) is 8.84. The predicted octanol–water partition coefficient (Wildman–Crippen LogP) is 6.32. The molecule has 4 nitrogen and oxygen atoms in total. The molecule has 0 amide bonds. The maximum Gasteiger partial charge on any atom is 0.344 e. The largest absolute Gasteiger partial charge is 0.486 e. The van der Waals surface area contributed by atoms with Crippen molar-refractivity contribution in [3.8, 4) is 11.5 Å². The van der Waals surface area contributed by atoms with E-state index in [1.165, 1.54) is 11.1 Å². The fraction of sp³-hybridized carbons (Fsp3) is 0.435. The summed E-state index contributed by atoms with van der Waals surface area (Å²) in [6.07, 6.45) is 3.15. The highest BCUT2D eigenvalue weighted by molar-refractivity contribution is 9.10. The average molecular weight is 449 g/mol. The van der Waals surface area contributed by atoms with Crippen molar-refractivity contribution in [3.63, 3.8) is 0 Å². The van der Waals surface area contributed by atoms with Crippen LogP contribution >= 0.6 is 15.9 Å². The van der Waals surface area contributed by atoms with Crippen LogP contribution in [0.3, 0.4) is 0 Å². The Bertz CT molecular complexity index is 788. The number of aryl methyl sites for hydroxylation is 1. The van der Waals surface area contributed by atoms with Crippen LogP contribution in [0.2, 0.25) is 0 Å². The van der Waals surface area contributed by atoms with Crippen LogP contribution in [-0.4, -0.2) is 19.2 Å². The Balaban J connectivity index is 2.14. The lowest BCUT2D eigenvalue weighted by molar-refractivity contribution is -0.145. The van der Waals surface area contributed by atoms with Gasteiger partial charge in [0.2, 0.25) is 0 Å². The third-order valence-corrected chi connectivity index (χ3v) is 5.41. The minimum Gasteiger partial charge on any atom is -0.486 e. The Morgan fingerprint density at radius 1 is 1.14 bits per heavy atom. The number of ether oxygens (including phenoxy) is 3. The molecule has 0 aliphatic rings. The van der Waals surface area contributed by atoms with Crippen molar-refractivity contribution < 1.29 is 19.0 Å². The summed E-state index contributed by atoms with van der Waals surface area (Å²) in [4.78, 5) is 11.5. The highest BCUT2D eigenvalue weighted by Crippen LogP contribution is 2.33. The van der Waals surface area contributed by atoms with Gasteiger partial charge in [0.05, 0.1) is 6.61 Å². The van der Waals surface area contributed by atoms with Gasteiger partial charge < -0.3 is 14.2 Å². The molecule has 0 aliphatic carbocycles. The van der Waals surface area contributed by atoms with Gasteiger partial charge in [-0.3, -0.25) is 0 Å². The summed E-state index contributed by atoms with van der Waals surface area (Å²) in [5.74, 6) is 1.08. The minimum atomic E-state index is -0.369. The average Bonchev–Trinajstić information content (AvgIpc) is 2.67. The van der Waals surface area contributed by atoms with Gasteiger partial charge in [-0.25, -0.2) is 4.79 Å². The van der Waals surface area contributed by atoms with E-state index in [1.54, 1.807) is 6.92 Å².